The zero-order chi connectivity index (χ0) is 8.97. The van der Waals surface area contributed by atoms with Crippen LogP contribution >= 0.6 is 11.6 Å². The molecule has 12 heavy (non-hydrogen) atoms. The highest BCUT2D eigenvalue weighted by Crippen LogP contribution is 2.20. The smallest absolute Gasteiger partial charge is 0.0412 e. The third kappa shape index (κ3) is 2.12. The lowest BCUT2D eigenvalue weighted by molar-refractivity contribution is 1.23. The van der Waals surface area contributed by atoms with E-state index in [0.717, 1.165) is 11.4 Å². The van der Waals surface area contributed by atoms with E-state index in [-0.39, 0.29) is 0 Å². The number of benzene rings is 1. The molecule has 0 aliphatic heterocycles. The van der Waals surface area contributed by atoms with E-state index in [1.54, 1.807) is 0 Å². The first-order chi connectivity index (χ1) is 5.77. The highest BCUT2D eigenvalue weighted by Gasteiger charge is 1.97. The number of halogens is 1. The van der Waals surface area contributed by atoms with Gasteiger partial charge in [-0.15, -0.1) is 0 Å². The Balaban J connectivity index is 3.02. The molecule has 1 aromatic carbocycles. The van der Waals surface area contributed by atoms with Gasteiger partial charge in [0.2, 0.25) is 0 Å². The molecule has 0 atom stereocenters. The molecule has 0 fully saturated rings. The molecular weight excluding hydrogens is 168 g/mol. The zero-order valence-corrected chi connectivity index (χ0v) is 8.23. The zero-order valence-electron chi connectivity index (χ0n) is 7.47. The van der Waals surface area contributed by atoms with Gasteiger partial charge in [0.25, 0.3) is 0 Å². The topological polar surface area (TPSA) is 0 Å². The molecule has 0 heterocycles. The summed E-state index contributed by atoms with van der Waals surface area (Å²) >= 11 is 5.88. The highest BCUT2D eigenvalue weighted by molar-refractivity contribution is 6.30. The second-order valence-corrected chi connectivity index (χ2v) is 3.11. The summed E-state index contributed by atoms with van der Waals surface area (Å²) in [6.45, 7) is 4.20. The fraction of sp³-hybridized carbons (Fsp3) is 0.273. The van der Waals surface area contributed by atoms with Gasteiger partial charge < -0.3 is 0 Å². The third-order valence-corrected chi connectivity index (χ3v) is 2.16. The molecule has 0 N–H and O–H groups in total. The van der Waals surface area contributed by atoms with Gasteiger partial charge in [0.1, 0.15) is 0 Å². The van der Waals surface area contributed by atoms with E-state index in [9.17, 15) is 0 Å². The Labute approximate surface area is 78.9 Å². The molecular formula is C11H13Cl. The van der Waals surface area contributed by atoms with E-state index in [1.165, 1.54) is 11.1 Å². The summed E-state index contributed by atoms with van der Waals surface area (Å²) < 4.78 is 0. The van der Waals surface area contributed by atoms with Gasteiger partial charge in [-0.3, -0.25) is 0 Å². The van der Waals surface area contributed by atoms with Crippen LogP contribution in [0.3, 0.4) is 0 Å². The maximum absolute atomic E-state index is 5.88. The molecule has 0 bridgehead atoms. The molecule has 0 aromatic heterocycles. The fourth-order valence-corrected chi connectivity index (χ4v) is 1.45. The van der Waals surface area contributed by atoms with Gasteiger partial charge in [-0.1, -0.05) is 36.7 Å². The second kappa shape index (κ2) is 4.32. The number of hydrogen-bond acceptors (Lipinski definition) is 0. The highest BCUT2D eigenvalue weighted by atomic mass is 35.5. The van der Waals surface area contributed by atoms with Gasteiger partial charge in [0.05, 0.1) is 0 Å². The van der Waals surface area contributed by atoms with E-state index in [2.05, 4.69) is 26.0 Å². The molecule has 0 unspecified atom stereocenters. The minimum Gasteiger partial charge on any atom is -0.0843 e. The quantitative estimate of drug-likeness (QED) is 0.642. The van der Waals surface area contributed by atoms with Gasteiger partial charge in [0.15, 0.2) is 0 Å². The molecule has 1 aromatic rings. The van der Waals surface area contributed by atoms with Crippen LogP contribution in [-0.2, 0) is 0 Å². The first-order valence-electron chi connectivity index (χ1n) is 4.19. The van der Waals surface area contributed by atoms with Crippen molar-refractivity contribution in [2.45, 2.75) is 20.3 Å². The largest absolute Gasteiger partial charge is 0.0843 e. The summed E-state index contributed by atoms with van der Waals surface area (Å²) in [6, 6.07) is 7.97. The minimum absolute atomic E-state index is 0.806. The Kier molecular flexibility index (Phi) is 3.36. The van der Waals surface area contributed by atoms with Crippen molar-refractivity contribution >= 4 is 17.2 Å². The molecule has 0 saturated carbocycles. The van der Waals surface area contributed by atoms with E-state index < -0.39 is 0 Å². The summed E-state index contributed by atoms with van der Waals surface area (Å²) in [5.41, 5.74) is 2.57. The van der Waals surface area contributed by atoms with Crippen molar-refractivity contribution in [1.82, 2.24) is 0 Å². The van der Waals surface area contributed by atoms with Gasteiger partial charge in [-0.25, -0.2) is 0 Å². The number of rotatable bonds is 2. The van der Waals surface area contributed by atoms with Crippen molar-refractivity contribution in [3.05, 3.63) is 40.9 Å². The lowest BCUT2D eigenvalue weighted by Gasteiger charge is -2.03. The Hall–Kier alpha value is -0.750. The number of allylic oxidation sites excluding steroid dienone is 2. The van der Waals surface area contributed by atoms with Crippen molar-refractivity contribution < 1.29 is 0 Å². The maximum atomic E-state index is 5.88. The first-order valence-corrected chi connectivity index (χ1v) is 4.56. The average Bonchev–Trinajstić information content (AvgIpc) is 2.07. The van der Waals surface area contributed by atoms with Crippen molar-refractivity contribution in [3.8, 4) is 0 Å². The molecule has 0 spiro atoms. The Morgan fingerprint density at radius 1 is 1.50 bits per heavy atom. The monoisotopic (exact) mass is 180 g/mol. The van der Waals surface area contributed by atoms with Gasteiger partial charge in [-0.2, -0.15) is 0 Å². The summed E-state index contributed by atoms with van der Waals surface area (Å²) in [6.07, 6.45) is 3.18. The van der Waals surface area contributed by atoms with Gasteiger partial charge in [0, 0.05) is 5.02 Å². The lowest BCUT2D eigenvalue weighted by Crippen LogP contribution is -1.81. The van der Waals surface area contributed by atoms with Crippen LogP contribution in [0.4, 0.5) is 0 Å². The van der Waals surface area contributed by atoms with Crippen LogP contribution in [0.15, 0.2) is 30.3 Å². The summed E-state index contributed by atoms with van der Waals surface area (Å²) in [5.74, 6) is 0. The van der Waals surface area contributed by atoms with Crippen LogP contribution in [0.25, 0.3) is 5.57 Å². The van der Waals surface area contributed by atoms with E-state index >= 15 is 0 Å². The van der Waals surface area contributed by atoms with Crippen LogP contribution < -0.4 is 0 Å². The maximum Gasteiger partial charge on any atom is 0.0412 e. The van der Waals surface area contributed by atoms with Crippen molar-refractivity contribution in [2.24, 2.45) is 0 Å². The van der Waals surface area contributed by atoms with Crippen LogP contribution in [0.1, 0.15) is 25.8 Å². The fourth-order valence-electron chi connectivity index (χ4n) is 1.26. The molecule has 0 nitrogen and oxygen atoms in total. The van der Waals surface area contributed by atoms with E-state index in [4.69, 9.17) is 11.6 Å². The van der Waals surface area contributed by atoms with Crippen LogP contribution in [0.5, 0.6) is 0 Å². The second-order valence-electron chi connectivity index (χ2n) is 2.68. The molecule has 1 rings (SSSR count). The predicted molar refractivity (Wildman–Crippen MR) is 55.4 cm³/mol. The standard InChI is InChI=1S/C11H13Cl/c1-3-9(4-2)10-6-5-7-11(12)8-10/h3,5-8H,4H2,1-2H3/b9-3+. The van der Waals surface area contributed by atoms with Crippen molar-refractivity contribution in [2.75, 3.05) is 0 Å². The Morgan fingerprint density at radius 2 is 2.25 bits per heavy atom. The van der Waals surface area contributed by atoms with E-state index in [0.29, 0.717) is 0 Å². The summed E-state index contributed by atoms with van der Waals surface area (Å²) in [5, 5.41) is 0.806. The molecule has 0 aliphatic rings. The molecule has 1 heteroatoms. The molecule has 0 aliphatic carbocycles. The Morgan fingerprint density at radius 3 is 2.75 bits per heavy atom. The molecule has 0 amide bonds. The minimum atomic E-state index is 0.806. The Bertz CT molecular complexity index is 287. The van der Waals surface area contributed by atoms with Crippen molar-refractivity contribution in [3.63, 3.8) is 0 Å². The van der Waals surface area contributed by atoms with Crippen LogP contribution in [0.2, 0.25) is 5.02 Å². The lowest BCUT2D eigenvalue weighted by atomic mass is 10.0. The molecule has 64 valence electrons. The average molecular weight is 181 g/mol. The predicted octanol–water partition coefficient (Wildman–Crippen LogP) is 4.15. The van der Waals surface area contributed by atoms with Crippen LogP contribution in [-0.4, -0.2) is 0 Å². The van der Waals surface area contributed by atoms with Crippen molar-refractivity contribution in [1.29, 1.82) is 0 Å². The number of hydrogen-bond donors (Lipinski definition) is 0. The molecule has 0 saturated heterocycles. The van der Waals surface area contributed by atoms with E-state index in [1.807, 2.05) is 18.2 Å². The summed E-state index contributed by atoms with van der Waals surface area (Å²) in [7, 11) is 0. The molecule has 0 radical (unpaired) electrons. The van der Waals surface area contributed by atoms with Crippen LogP contribution in [0, 0.1) is 0 Å². The first kappa shape index (κ1) is 9.34. The normalized spacial score (nSPS) is 11.8. The van der Waals surface area contributed by atoms with Gasteiger partial charge >= 0.3 is 0 Å². The van der Waals surface area contributed by atoms with Gasteiger partial charge in [-0.05, 0) is 36.6 Å². The SMILES string of the molecule is C/C=C(\CC)c1cccc(Cl)c1. The third-order valence-electron chi connectivity index (χ3n) is 1.92. The summed E-state index contributed by atoms with van der Waals surface area (Å²) in [4.78, 5) is 0.